The molecule has 1 heterocycles. The topological polar surface area (TPSA) is 76.2 Å². The maximum Gasteiger partial charge on any atom is 0.328 e. The van der Waals surface area contributed by atoms with Crippen molar-refractivity contribution in [3.63, 3.8) is 0 Å². The van der Waals surface area contributed by atoms with Crippen LogP contribution in [0.25, 0.3) is 10.9 Å². The smallest absolute Gasteiger partial charge is 0.328 e. The van der Waals surface area contributed by atoms with Crippen molar-refractivity contribution < 1.29 is 9.90 Å². The van der Waals surface area contributed by atoms with Crippen LogP contribution >= 0.6 is 0 Å². The van der Waals surface area contributed by atoms with Crippen molar-refractivity contribution in [1.29, 1.82) is 0 Å². The fourth-order valence-electron chi connectivity index (χ4n) is 1.48. The fraction of sp³-hybridized carbons (Fsp3) is 0.167. The predicted octanol–water partition coefficient (Wildman–Crippen LogP) is 1.49. The summed E-state index contributed by atoms with van der Waals surface area (Å²) in [5.74, 6) is -1.07. The van der Waals surface area contributed by atoms with E-state index in [1.165, 1.54) is 13.1 Å². The minimum atomic E-state index is -1.41. The highest BCUT2D eigenvalue weighted by Crippen LogP contribution is 2.21. The second-order valence-corrected chi connectivity index (χ2v) is 3.92. The standard InChI is InChI=1S/C12H12N2O2/c1-12(13,11(15)16)9-6-8-4-2-3-5-10(8)14-7-9/h2-7H,13H2,1H3,(H,15,16)/t12-/m1/s1. The molecule has 0 saturated heterocycles. The van der Waals surface area contributed by atoms with Crippen LogP contribution in [0.5, 0.6) is 0 Å². The van der Waals surface area contributed by atoms with Gasteiger partial charge in [-0.05, 0) is 19.1 Å². The molecule has 0 amide bonds. The van der Waals surface area contributed by atoms with Gasteiger partial charge in [0.05, 0.1) is 5.52 Å². The van der Waals surface area contributed by atoms with Crippen LogP contribution < -0.4 is 5.73 Å². The largest absolute Gasteiger partial charge is 0.480 e. The van der Waals surface area contributed by atoms with Crippen molar-refractivity contribution in [1.82, 2.24) is 4.98 Å². The number of fused-ring (bicyclic) bond motifs is 1. The van der Waals surface area contributed by atoms with Crippen LogP contribution in [0.4, 0.5) is 0 Å². The Morgan fingerprint density at radius 2 is 2.12 bits per heavy atom. The molecule has 0 saturated carbocycles. The number of aliphatic carboxylic acids is 1. The Morgan fingerprint density at radius 3 is 2.81 bits per heavy atom. The maximum atomic E-state index is 11.0. The molecular formula is C12H12N2O2. The van der Waals surface area contributed by atoms with Gasteiger partial charge in [-0.1, -0.05) is 18.2 Å². The average Bonchev–Trinajstić information content (AvgIpc) is 2.28. The van der Waals surface area contributed by atoms with Crippen LogP contribution in [0.2, 0.25) is 0 Å². The zero-order chi connectivity index (χ0) is 11.8. The molecule has 0 fully saturated rings. The zero-order valence-electron chi connectivity index (χ0n) is 8.84. The fourth-order valence-corrected chi connectivity index (χ4v) is 1.48. The first kappa shape index (κ1) is 10.6. The van der Waals surface area contributed by atoms with Crippen molar-refractivity contribution in [3.05, 3.63) is 42.1 Å². The lowest BCUT2D eigenvalue weighted by Gasteiger charge is -2.19. The van der Waals surface area contributed by atoms with E-state index in [2.05, 4.69) is 4.98 Å². The molecule has 1 aromatic carbocycles. The molecule has 0 unspecified atom stereocenters. The van der Waals surface area contributed by atoms with E-state index in [9.17, 15) is 4.79 Å². The van der Waals surface area contributed by atoms with E-state index in [0.29, 0.717) is 5.56 Å². The molecule has 0 radical (unpaired) electrons. The number of aromatic nitrogens is 1. The molecule has 1 aromatic heterocycles. The van der Waals surface area contributed by atoms with Crippen molar-refractivity contribution >= 4 is 16.9 Å². The number of pyridine rings is 1. The summed E-state index contributed by atoms with van der Waals surface area (Å²) in [6.07, 6.45) is 1.51. The molecule has 0 aliphatic carbocycles. The lowest BCUT2D eigenvalue weighted by atomic mass is 9.94. The Bertz CT molecular complexity index is 549. The highest BCUT2D eigenvalue weighted by atomic mass is 16.4. The summed E-state index contributed by atoms with van der Waals surface area (Å²) in [4.78, 5) is 15.2. The quantitative estimate of drug-likeness (QED) is 0.797. The number of nitrogens with zero attached hydrogens (tertiary/aromatic N) is 1. The minimum Gasteiger partial charge on any atom is -0.480 e. The Hall–Kier alpha value is -1.94. The molecule has 2 rings (SSSR count). The zero-order valence-corrected chi connectivity index (χ0v) is 8.84. The number of rotatable bonds is 2. The summed E-state index contributed by atoms with van der Waals surface area (Å²) < 4.78 is 0. The first-order chi connectivity index (χ1) is 7.51. The van der Waals surface area contributed by atoms with Gasteiger partial charge in [0, 0.05) is 17.1 Å². The third-order valence-corrected chi connectivity index (χ3v) is 2.63. The SMILES string of the molecule is C[C@](N)(C(=O)O)c1cnc2ccccc2c1. The van der Waals surface area contributed by atoms with Crippen LogP contribution in [0.1, 0.15) is 12.5 Å². The molecule has 4 nitrogen and oxygen atoms in total. The van der Waals surface area contributed by atoms with Crippen molar-refractivity contribution in [2.24, 2.45) is 5.73 Å². The van der Waals surface area contributed by atoms with Gasteiger partial charge >= 0.3 is 5.97 Å². The predicted molar refractivity (Wildman–Crippen MR) is 60.9 cm³/mol. The molecule has 0 aliphatic rings. The van der Waals surface area contributed by atoms with Gasteiger partial charge in [0.2, 0.25) is 0 Å². The number of para-hydroxylation sites is 1. The number of nitrogens with two attached hydrogens (primary N) is 1. The van der Waals surface area contributed by atoms with E-state index in [4.69, 9.17) is 10.8 Å². The maximum absolute atomic E-state index is 11.0. The summed E-state index contributed by atoms with van der Waals surface area (Å²) in [6, 6.07) is 9.27. The molecule has 3 N–H and O–H groups in total. The molecule has 1 atom stereocenters. The monoisotopic (exact) mass is 216 g/mol. The van der Waals surface area contributed by atoms with E-state index in [1.807, 2.05) is 24.3 Å². The minimum absolute atomic E-state index is 0.499. The van der Waals surface area contributed by atoms with E-state index < -0.39 is 11.5 Å². The Kier molecular flexibility index (Phi) is 2.36. The number of carbonyl (C=O) groups is 1. The van der Waals surface area contributed by atoms with Gasteiger partial charge in [-0.15, -0.1) is 0 Å². The lowest BCUT2D eigenvalue weighted by Crippen LogP contribution is -2.41. The van der Waals surface area contributed by atoms with E-state index in [-0.39, 0.29) is 0 Å². The first-order valence-corrected chi connectivity index (χ1v) is 4.89. The van der Waals surface area contributed by atoms with Gasteiger partial charge < -0.3 is 10.8 Å². The van der Waals surface area contributed by atoms with Gasteiger partial charge in [-0.25, -0.2) is 4.79 Å². The third kappa shape index (κ3) is 1.63. The molecule has 0 bridgehead atoms. The molecule has 0 aliphatic heterocycles. The summed E-state index contributed by atoms with van der Waals surface area (Å²) in [7, 11) is 0. The van der Waals surface area contributed by atoms with Gasteiger partial charge in [-0.2, -0.15) is 0 Å². The summed E-state index contributed by atoms with van der Waals surface area (Å²) >= 11 is 0. The average molecular weight is 216 g/mol. The van der Waals surface area contributed by atoms with Gasteiger partial charge in [0.25, 0.3) is 0 Å². The van der Waals surface area contributed by atoms with E-state index in [0.717, 1.165) is 10.9 Å². The van der Waals surface area contributed by atoms with Crippen LogP contribution in [0.3, 0.4) is 0 Å². The molecule has 82 valence electrons. The van der Waals surface area contributed by atoms with Crippen LogP contribution in [-0.2, 0) is 10.3 Å². The number of carboxylic acids is 1. The van der Waals surface area contributed by atoms with E-state index >= 15 is 0 Å². The summed E-state index contributed by atoms with van der Waals surface area (Å²) in [5.41, 5.74) is 5.65. The van der Waals surface area contributed by atoms with Gasteiger partial charge in [0.15, 0.2) is 0 Å². The second kappa shape index (κ2) is 3.57. The number of benzene rings is 1. The van der Waals surface area contributed by atoms with E-state index in [1.54, 1.807) is 6.07 Å². The highest BCUT2D eigenvalue weighted by molar-refractivity contribution is 5.84. The molecule has 0 spiro atoms. The van der Waals surface area contributed by atoms with Crippen molar-refractivity contribution in [2.75, 3.05) is 0 Å². The van der Waals surface area contributed by atoms with Crippen LogP contribution in [0.15, 0.2) is 36.5 Å². The highest BCUT2D eigenvalue weighted by Gasteiger charge is 2.30. The Labute approximate surface area is 92.7 Å². The Morgan fingerprint density at radius 1 is 1.44 bits per heavy atom. The normalized spacial score (nSPS) is 14.6. The van der Waals surface area contributed by atoms with Crippen molar-refractivity contribution in [3.8, 4) is 0 Å². The molecule has 2 aromatic rings. The molecule has 4 heteroatoms. The molecular weight excluding hydrogens is 204 g/mol. The second-order valence-electron chi connectivity index (χ2n) is 3.92. The number of hydrogen-bond acceptors (Lipinski definition) is 3. The summed E-state index contributed by atoms with van der Waals surface area (Å²) in [5, 5.41) is 9.90. The van der Waals surface area contributed by atoms with Crippen molar-refractivity contribution in [2.45, 2.75) is 12.5 Å². The van der Waals surface area contributed by atoms with Gasteiger partial charge in [-0.3, -0.25) is 4.98 Å². The first-order valence-electron chi connectivity index (χ1n) is 4.89. The molecule has 16 heavy (non-hydrogen) atoms. The lowest BCUT2D eigenvalue weighted by molar-refractivity contribution is -0.143. The number of hydrogen-bond donors (Lipinski definition) is 2. The van der Waals surface area contributed by atoms with Crippen LogP contribution in [-0.4, -0.2) is 16.1 Å². The summed E-state index contributed by atoms with van der Waals surface area (Å²) in [6.45, 7) is 1.46. The van der Waals surface area contributed by atoms with Crippen LogP contribution in [0, 0.1) is 0 Å². The van der Waals surface area contributed by atoms with Gasteiger partial charge in [0.1, 0.15) is 5.54 Å². The number of carboxylic acid groups (broad SMARTS) is 1. The Balaban J connectivity index is 2.59. The third-order valence-electron chi connectivity index (χ3n) is 2.63.